The van der Waals surface area contributed by atoms with Crippen molar-refractivity contribution >= 4 is 11.6 Å². The first-order valence-electron chi connectivity index (χ1n) is 5.48. The van der Waals surface area contributed by atoms with E-state index in [0.29, 0.717) is 5.56 Å². The highest BCUT2D eigenvalue weighted by molar-refractivity contribution is 6.29. The number of halogens is 5. The van der Waals surface area contributed by atoms with Gasteiger partial charge in [0.1, 0.15) is 16.7 Å². The maximum atomic E-state index is 13.6. The SMILES string of the molecule is Fc1ccc(OC(F)(F)F)cc1Cc1ccc(Cl)nc1. The van der Waals surface area contributed by atoms with Gasteiger partial charge in [0.2, 0.25) is 0 Å². The third kappa shape index (κ3) is 4.09. The van der Waals surface area contributed by atoms with Crippen LogP contribution in [0.3, 0.4) is 0 Å². The molecule has 0 saturated carbocycles. The molecule has 2 nitrogen and oxygen atoms in total. The standard InChI is InChI=1S/C13H8ClF4NO/c14-12-4-1-8(7-19-12)5-9-6-10(2-3-11(9)15)20-13(16,17)18/h1-4,6-7H,5H2. The van der Waals surface area contributed by atoms with Crippen LogP contribution in [0.15, 0.2) is 36.5 Å². The summed E-state index contributed by atoms with van der Waals surface area (Å²) >= 11 is 5.61. The fraction of sp³-hybridized carbons (Fsp3) is 0.154. The van der Waals surface area contributed by atoms with Crippen LogP contribution in [0.5, 0.6) is 5.75 Å². The molecule has 1 aromatic heterocycles. The molecular weight excluding hydrogens is 298 g/mol. The van der Waals surface area contributed by atoms with Gasteiger partial charge in [0.05, 0.1) is 0 Å². The van der Waals surface area contributed by atoms with Crippen molar-refractivity contribution < 1.29 is 22.3 Å². The van der Waals surface area contributed by atoms with Crippen molar-refractivity contribution in [3.05, 3.63) is 58.6 Å². The van der Waals surface area contributed by atoms with Crippen molar-refractivity contribution in [1.29, 1.82) is 0 Å². The summed E-state index contributed by atoms with van der Waals surface area (Å²) < 4.78 is 53.6. The van der Waals surface area contributed by atoms with Crippen LogP contribution >= 0.6 is 11.6 Å². The number of nitrogens with zero attached hydrogens (tertiary/aromatic N) is 1. The number of benzene rings is 1. The molecule has 2 rings (SSSR count). The summed E-state index contributed by atoms with van der Waals surface area (Å²) in [6, 6.07) is 6.00. The molecule has 0 aliphatic carbocycles. The molecule has 0 spiro atoms. The van der Waals surface area contributed by atoms with Gasteiger partial charge in [0.25, 0.3) is 0 Å². The average Bonchev–Trinajstić information content (AvgIpc) is 2.34. The minimum absolute atomic E-state index is 0.0795. The first-order chi connectivity index (χ1) is 9.33. The Hall–Kier alpha value is -1.82. The number of alkyl halides is 3. The largest absolute Gasteiger partial charge is 0.573 e. The van der Waals surface area contributed by atoms with Crippen LogP contribution in [0, 0.1) is 5.82 Å². The zero-order valence-corrected chi connectivity index (χ0v) is 10.7. The Bertz CT molecular complexity index is 598. The molecule has 0 amide bonds. The molecule has 0 atom stereocenters. The molecule has 20 heavy (non-hydrogen) atoms. The second kappa shape index (κ2) is 5.66. The van der Waals surface area contributed by atoms with Gasteiger partial charge >= 0.3 is 6.36 Å². The molecule has 0 aliphatic rings. The summed E-state index contributed by atoms with van der Waals surface area (Å²) in [6.45, 7) is 0. The second-order valence-electron chi connectivity index (χ2n) is 3.97. The average molecular weight is 306 g/mol. The van der Waals surface area contributed by atoms with Crippen LogP contribution in [0.1, 0.15) is 11.1 Å². The minimum atomic E-state index is -4.81. The number of hydrogen-bond acceptors (Lipinski definition) is 2. The maximum absolute atomic E-state index is 13.6. The van der Waals surface area contributed by atoms with Gasteiger partial charge in [0, 0.05) is 12.6 Å². The summed E-state index contributed by atoms with van der Waals surface area (Å²) in [4.78, 5) is 3.82. The van der Waals surface area contributed by atoms with E-state index in [2.05, 4.69) is 9.72 Å². The highest BCUT2D eigenvalue weighted by Gasteiger charge is 2.31. The van der Waals surface area contributed by atoms with Crippen molar-refractivity contribution in [2.24, 2.45) is 0 Å². The Labute approximate surface area is 117 Å². The Kier molecular flexibility index (Phi) is 4.13. The molecule has 7 heteroatoms. The smallest absolute Gasteiger partial charge is 0.406 e. The van der Waals surface area contributed by atoms with E-state index in [9.17, 15) is 17.6 Å². The minimum Gasteiger partial charge on any atom is -0.406 e. The Morgan fingerprint density at radius 1 is 1.15 bits per heavy atom. The van der Waals surface area contributed by atoms with Gasteiger partial charge in [0.15, 0.2) is 0 Å². The summed E-state index contributed by atoms with van der Waals surface area (Å²) in [5, 5.41) is 0.281. The van der Waals surface area contributed by atoms with E-state index in [1.807, 2.05) is 0 Å². The van der Waals surface area contributed by atoms with Gasteiger partial charge in [-0.25, -0.2) is 9.37 Å². The zero-order valence-electron chi connectivity index (χ0n) is 9.92. The fourth-order valence-corrected chi connectivity index (χ4v) is 1.73. The molecule has 1 aromatic carbocycles. The van der Waals surface area contributed by atoms with Gasteiger partial charge in [-0.1, -0.05) is 17.7 Å². The molecule has 106 valence electrons. The quantitative estimate of drug-likeness (QED) is 0.621. The van der Waals surface area contributed by atoms with Crippen LogP contribution in [0.2, 0.25) is 5.15 Å². The van der Waals surface area contributed by atoms with Gasteiger partial charge in [-0.15, -0.1) is 13.2 Å². The Balaban J connectivity index is 2.22. The van der Waals surface area contributed by atoms with Gasteiger partial charge < -0.3 is 4.74 Å². The monoisotopic (exact) mass is 305 g/mol. The molecule has 0 bridgehead atoms. The maximum Gasteiger partial charge on any atom is 0.573 e. The molecule has 0 fully saturated rings. The predicted octanol–water partition coefficient (Wildman–Crippen LogP) is 4.36. The first kappa shape index (κ1) is 14.6. The molecule has 0 aliphatic heterocycles. The van der Waals surface area contributed by atoms with Crippen LogP contribution in [-0.4, -0.2) is 11.3 Å². The van der Waals surface area contributed by atoms with E-state index in [1.165, 1.54) is 12.3 Å². The van der Waals surface area contributed by atoms with E-state index < -0.39 is 17.9 Å². The fourth-order valence-electron chi connectivity index (χ4n) is 1.61. The summed E-state index contributed by atoms with van der Waals surface area (Å²) in [6.07, 6.45) is -3.29. The lowest BCUT2D eigenvalue weighted by atomic mass is 10.1. The molecule has 0 saturated heterocycles. The Morgan fingerprint density at radius 2 is 1.90 bits per heavy atom. The van der Waals surface area contributed by atoms with Crippen molar-refractivity contribution in [1.82, 2.24) is 4.98 Å². The normalized spacial score (nSPS) is 11.4. The van der Waals surface area contributed by atoms with Crippen LogP contribution < -0.4 is 4.74 Å². The molecule has 1 heterocycles. The van der Waals surface area contributed by atoms with E-state index >= 15 is 0 Å². The number of hydrogen-bond donors (Lipinski definition) is 0. The molecule has 2 aromatic rings. The topological polar surface area (TPSA) is 22.1 Å². The molecule has 0 N–H and O–H groups in total. The van der Waals surface area contributed by atoms with E-state index in [-0.39, 0.29) is 17.1 Å². The van der Waals surface area contributed by atoms with Crippen molar-refractivity contribution in [3.8, 4) is 5.75 Å². The van der Waals surface area contributed by atoms with Crippen LogP contribution in [-0.2, 0) is 6.42 Å². The van der Waals surface area contributed by atoms with Crippen molar-refractivity contribution in [2.75, 3.05) is 0 Å². The van der Waals surface area contributed by atoms with Gasteiger partial charge in [-0.3, -0.25) is 0 Å². The molecule has 0 radical (unpaired) electrons. The lowest BCUT2D eigenvalue weighted by Crippen LogP contribution is -2.17. The van der Waals surface area contributed by atoms with Crippen LogP contribution in [0.4, 0.5) is 17.6 Å². The summed E-state index contributed by atoms with van der Waals surface area (Å²) in [7, 11) is 0. The number of ether oxygens (including phenoxy) is 1. The van der Waals surface area contributed by atoms with Crippen molar-refractivity contribution in [2.45, 2.75) is 12.8 Å². The predicted molar refractivity (Wildman–Crippen MR) is 65.1 cm³/mol. The Morgan fingerprint density at radius 3 is 2.50 bits per heavy atom. The number of rotatable bonds is 3. The second-order valence-corrected chi connectivity index (χ2v) is 4.35. The highest BCUT2D eigenvalue weighted by atomic mass is 35.5. The lowest BCUT2D eigenvalue weighted by Gasteiger charge is -2.10. The number of pyridine rings is 1. The lowest BCUT2D eigenvalue weighted by molar-refractivity contribution is -0.274. The molecule has 0 unspecified atom stereocenters. The highest BCUT2D eigenvalue weighted by Crippen LogP contribution is 2.25. The van der Waals surface area contributed by atoms with Crippen LogP contribution in [0.25, 0.3) is 0 Å². The number of aromatic nitrogens is 1. The summed E-state index contributed by atoms with van der Waals surface area (Å²) in [5.74, 6) is -1.08. The third-order valence-electron chi connectivity index (χ3n) is 2.43. The van der Waals surface area contributed by atoms with Gasteiger partial charge in [-0.2, -0.15) is 0 Å². The van der Waals surface area contributed by atoms with E-state index in [4.69, 9.17) is 11.6 Å². The van der Waals surface area contributed by atoms with Gasteiger partial charge in [-0.05, 0) is 35.4 Å². The summed E-state index contributed by atoms with van der Waals surface area (Å²) in [5.41, 5.74) is 0.702. The van der Waals surface area contributed by atoms with E-state index in [0.717, 1.165) is 18.2 Å². The zero-order chi connectivity index (χ0) is 14.8. The molecular formula is C13H8ClF4NO. The first-order valence-corrected chi connectivity index (χ1v) is 5.86. The van der Waals surface area contributed by atoms with E-state index in [1.54, 1.807) is 6.07 Å². The third-order valence-corrected chi connectivity index (χ3v) is 2.66. The van der Waals surface area contributed by atoms with Crippen molar-refractivity contribution in [3.63, 3.8) is 0 Å².